The van der Waals surface area contributed by atoms with Crippen molar-refractivity contribution in [3.63, 3.8) is 0 Å². The lowest BCUT2D eigenvalue weighted by Gasteiger charge is -2.36. The van der Waals surface area contributed by atoms with Crippen molar-refractivity contribution >= 4 is 17.6 Å². The zero-order chi connectivity index (χ0) is 18.3. The van der Waals surface area contributed by atoms with Gasteiger partial charge in [-0.2, -0.15) is 13.2 Å². The minimum atomic E-state index is -4.17. The summed E-state index contributed by atoms with van der Waals surface area (Å²) in [6, 6.07) is 7.78. The Kier molecular flexibility index (Phi) is 7.38. The molecule has 0 radical (unpaired) electrons. The molecule has 2 rings (SSSR count). The summed E-state index contributed by atoms with van der Waals surface area (Å²) in [7, 11) is 0. The maximum absolute atomic E-state index is 12.3. The molecule has 0 unspecified atom stereocenters. The van der Waals surface area contributed by atoms with Crippen LogP contribution in [0.4, 0.5) is 13.2 Å². The normalized spacial score (nSPS) is 17.0. The van der Waals surface area contributed by atoms with Crippen LogP contribution < -0.4 is 5.32 Å². The van der Waals surface area contributed by atoms with E-state index >= 15 is 0 Å². The Labute approximate surface area is 151 Å². The molecule has 25 heavy (non-hydrogen) atoms. The summed E-state index contributed by atoms with van der Waals surface area (Å²) in [5.41, 5.74) is 1.20. The number of hydrogen-bond donors (Lipinski definition) is 1. The molecule has 1 saturated heterocycles. The van der Waals surface area contributed by atoms with Crippen LogP contribution >= 0.6 is 11.6 Å². The van der Waals surface area contributed by atoms with Gasteiger partial charge < -0.3 is 10.2 Å². The first-order chi connectivity index (χ1) is 11.9. The quantitative estimate of drug-likeness (QED) is 0.631. The van der Waals surface area contributed by atoms with Gasteiger partial charge in [0.05, 0.1) is 13.0 Å². The number of benzene rings is 1. The highest BCUT2D eigenvalue weighted by Gasteiger charge is 2.26. The minimum absolute atomic E-state index is 0.239. The fraction of sp³-hybridized carbons (Fsp3) is 0.588. The Morgan fingerprint density at radius 2 is 1.80 bits per heavy atom. The number of alkyl halides is 3. The molecule has 1 N–H and O–H groups in total. The number of guanidine groups is 1. The lowest BCUT2D eigenvalue weighted by Crippen LogP contribution is -2.52. The molecule has 1 fully saturated rings. The van der Waals surface area contributed by atoms with E-state index in [0.29, 0.717) is 12.5 Å². The molecule has 1 heterocycles. The summed E-state index contributed by atoms with van der Waals surface area (Å²) >= 11 is 5.90. The molecule has 0 aromatic heterocycles. The van der Waals surface area contributed by atoms with Crippen molar-refractivity contribution < 1.29 is 13.2 Å². The second-order valence-corrected chi connectivity index (χ2v) is 6.43. The lowest BCUT2D eigenvalue weighted by molar-refractivity contribution is -0.132. The van der Waals surface area contributed by atoms with E-state index in [1.165, 1.54) is 5.56 Å². The highest BCUT2D eigenvalue weighted by Crippen LogP contribution is 2.19. The third kappa shape index (κ3) is 7.12. The first-order valence-electron chi connectivity index (χ1n) is 8.44. The molecule has 0 amide bonds. The largest absolute Gasteiger partial charge is 0.390 e. The van der Waals surface area contributed by atoms with E-state index in [4.69, 9.17) is 11.6 Å². The predicted molar refractivity (Wildman–Crippen MR) is 95.0 cm³/mol. The van der Waals surface area contributed by atoms with Gasteiger partial charge in [-0.05, 0) is 24.6 Å². The topological polar surface area (TPSA) is 30.9 Å². The van der Waals surface area contributed by atoms with Crippen LogP contribution in [0.25, 0.3) is 0 Å². The van der Waals surface area contributed by atoms with Crippen LogP contribution in [-0.4, -0.2) is 61.2 Å². The van der Waals surface area contributed by atoms with Crippen molar-refractivity contribution in [1.29, 1.82) is 0 Å². The molecule has 0 saturated carbocycles. The fourth-order valence-electron chi connectivity index (χ4n) is 2.68. The van der Waals surface area contributed by atoms with Crippen molar-refractivity contribution in [2.75, 3.05) is 39.3 Å². The first-order valence-corrected chi connectivity index (χ1v) is 8.82. The van der Waals surface area contributed by atoms with Crippen LogP contribution in [-0.2, 0) is 6.54 Å². The Bertz CT molecular complexity index is 552. The summed E-state index contributed by atoms with van der Waals surface area (Å²) in [6.07, 6.45) is -5.06. The molecule has 0 atom stereocenters. The SMILES string of the molecule is CCNC(=NCCC(F)(F)F)N1CCN(Cc2ccc(Cl)cc2)CC1. The molecule has 1 aromatic rings. The van der Waals surface area contributed by atoms with Gasteiger partial charge in [0.2, 0.25) is 0 Å². The van der Waals surface area contributed by atoms with E-state index in [1.54, 1.807) is 0 Å². The summed E-state index contributed by atoms with van der Waals surface area (Å²) in [4.78, 5) is 8.46. The number of hydrogen-bond acceptors (Lipinski definition) is 2. The van der Waals surface area contributed by atoms with Crippen LogP contribution in [0.2, 0.25) is 5.02 Å². The van der Waals surface area contributed by atoms with Crippen LogP contribution in [0.15, 0.2) is 29.3 Å². The van der Waals surface area contributed by atoms with Gasteiger partial charge in [-0.3, -0.25) is 9.89 Å². The molecule has 0 bridgehead atoms. The molecular formula is C17H24ClF3N4. The monoisotopic (exact) mass is 376 g/mol. The van der Waals surface area contributed by atoms with Crippen molar-refractivity contribution in [2.45, 2.75) is 26.1 Å². The smallest absolute Gasteiger partial charge is 0.357 e. The minimum Gasteiger partial charge on any atom is -0.357 e. The number of nitrogens with one attached hydrogen (secondary N) is 1. The van der Waals surface area contributed by atoms with Crippen molar-refractivity contribution in [3.8, 4) is 0 Å². The van der Waals surface area contributed by atoms with Gasteiger partial charge in [-0.25, -0.2) is 0 Å². The lowest BCUT2D eigenvalue weighted by atomic mass is 10.2. The zero-order valence-electron chi connectivity index (χ0n) is 14.3. The molecule has 8 heteroatoms. The standard InChI is InChI=1S/C17H24ClF3N4/c1-2-22-16(23-8-7-17(19,20)21)25-11-9-24(10-12-25)13-14-3-5-15(18)6-4-14/h3-6H,2,7-13H2,1H3,(H,22,23). The first kappa shape index (κ1) is 19.8. The van der Waals surface area contributed by atoms with Gasteiger partial charge in [0.25, 0.3) is 0 Å². The van der Waals surface area contributed by atoms with Gasteiger partial charge in [-0.15, -0.1) is 0 Å². The molecule has 140 valence electrons. The number of rotatable bonds is 5. The summed E-state index contributed by atoms with van der Waals surface area (Å²) in [6.45, 7) is 6.31. The van der Waals surface area contributed by atoms with E-state index in [1.807, 2.05) is 36.1 Å². The van der Waals surface area contributed by atoms with Crippen LogP contribution in [0.1, 0.15) is 18.9 Å². The molecule has 1 aliphatic heterocycles. The van der Waals surface area contributed by atoms with E-state index in [2.05, 4.69) is 15.2 Å². The van der Waals surface area contributed by atoms with Gasteiger partial charge in [0.1, 0.15) is 0 Å². The molecular weight excluding hydrogens is 353 g/mol. The zero-order valence-corrected chi connectivity index (χ0v) is 15.1. The van der Waals surface area contributed by atoms with E-state index in [0.717, 1.165) is 37.7 Å². The van der Waals surface area contributed by atoms with Gasteiger partial charge in [-0.1, -0.05) is 23.7 Å². The fourth-order valence-corrected chi connectivity index (χ4v) is 2.81. The summed E-state index contributed by atoms with van der Waals surface area (Å²) in [5, 5.41) is 3.81. The van der Waals surface area contributed by atoms with Crippen molar-refractivity contribution in [3.05, 3.63) is 34.9 Å². The van der Waals surface area contributed by atoms with Crippen LogP contribution in [0, 0.1) is 0 Å². The van der Waals surface area contributed by atoms with Gasteiger partial charge in [0, 0.05) is 44.3 Å². The molecule has 0 aliphatic carbocycles. The molecule has 4 nitrogen and oxygen atoms in total. The summed E-state index contributed by atoms with van der Waals surface area (Å²) < 4.78 is 36.9. The number of aliphatic imine (C=N–C) groups is 1. The number of piperazine rings is 1. The Hall–Kier alpha value is -1.47. The highest BCUT2D eigenvalue weighted by molar-refractivity contribution is 6.30. The van der Waals surface area contributed by atoms with Crippen LogP contribution in [0.3, 0.4) is 0 Å². The maximum Gasteiger partial charge on any atom is 0.390 e. The predicted octanol–water partition coefficient (Wildman–Crippen LogP) is 3.38. The maximum atomic E-state index is 12.3. The highest BCUT2D eigenvalue weighted by atomic mass is 35.5. The van der Waals surface area contributed by atoms with Gasteiger partial charge in [0.15, 0.2) is 5.96 Å². The van der Waals surface area contributed by atoms with Crippen molar-refractivity contribution in [1.82, 2.24) is 15.1 Å². The second-order valence-electron chi connectivity index (χ2n) is 5.99. The third-order valence-corrected chi connectivity index (χ3v) is 4.23. The molecule has 1 aliphatic rings. The average Bonchev–Trinajstić information content (AvgIpc) is 2.56. The number of halogens is 4. The molecule has 0 spiro atoms. The second kappa shape index (κ2) is 9.29. The summed E-state index contributed by atoms with van der Waals surface area (Å²) in [5.74, 6) is 0.567. The Balaban J connectivity index is 1.85. The average molecular weight is 377 g/mol. The van der Waals surface area contributed by atoms with E-state index < -0.39 is 12.6 Å². The van der Waals surface area contributed by atoms with Crippen molar-refractivity contribution in [2.24, 2.45) is 4.99 Å². The molecule has 1 aromatic carbocycles. The third-order valence-electron chi connectivity index (χ3n) is 3.98. The van der Waals surface area contributed by atoms with Gasteiger partial charge >= 0.3 is 6.18 Å². The Morgan fingerprint density at radius 3 is 2.36 bits per heavy atom. The van der Waals surface area contributed by atoms with E-state index in [-0.39, 0.29) is 6.54 Å². The number of nitrogens with zero attached hydrogens (tertiary/aromatic N) is 3. The van der Waals surface area contributed by atoms with E-state index in [9.17, 15) is 13.2 Å². The van der Waals surface area contributed by atoms with Crippen LogP contribution in [0.5, 0.6) is 0 Å². The Morgan fingerprint density at radius 1 is 1.16 bits per heavy atom.